The van der Waals surface area contributed by atoms with Crippen LogP contribution >= 0.6 is 23.2 Å². The Morgan fingerprint density at radius 3 is 2.53 bits per heavy atom. The van der Waals surface area contributed by atoms with E-state index < -0.39 is 0 Å². The van der Waals surface area contributed by atoms with Crippen LogP contribution in [0.2, 0.25) is 5.02 Å². The van der Waals surface area contributed by atoms with E-state index in [4.69, 9.17) is 23.2 Å². The molecule has 1 heterocycles. The monoisotopic (exact) mass is 248 g/mol. The Morgan fingerprint density at radius 2 is 2.00 bits per heavy atom. The van der Waals surface area contributed by atoms with Crippen LogP contribution in [0.1, 0.15) is 38.1 Å². The highest BCUT2D eigenvalue weighted by Crippen LogP contribution is 2.23. The lowest BCUT2D eigenvalue weighted by atomic mass is 10.2. The summed E-state index contributed by atoms with van der Waals surface area (Å²) in [4.78, 5) is 0. The predicted octanol–water partition coefficient (Wildman–Crippen LogP) is 3.68. The number of aromatic nitrogens is 2. The zero-order valence-electron chi connectivity index (χ0n) is 9.39. The molecule has 0 saturated heterocycles. The van der Waals surface area contributed by atoms with E-state index in [-0.39, 0.29) is 0 Å². The fourth-order valence-electron chi connectivity index (χ4n) is 1.64. The number of aryl methyl sites for hydroxylation is 2. The number of hydrogen-bond acceptors (Lipinski definition) is 1. The van der Waals surface area contributed by atoms with Gasteiger partial charge in [0.1, 0.15) is 0 Å². The van der Waals surface area contributed by atoms with Crippen LogP contribution in [0, 0.1) is 0 Å². The van der Waals surface area contributed by atoms with Crippen LogP contribution in [-0.2, 0) is 19.4 Å². The Morgan fingerprint density at radius 1 is 1.27 bits per heavy atom. The summed E-state index contributed by atoms with van der Waals surface area (Å²) in [5, 5.41) is 5.33. The van der Waals surface area contributed by atoms with Gasteiger partial charge in [0, 0.05) is 12.4 Å². The van der Waals surface area contributed by atoms with E-state index in [1.54, 1.807) is 0 Å². The lowest BCUT2D eigenvalue weighted by Crippen LogP contribution is -2.03. The molecule has 1 aromatic heterocycles. The first-order chi connectivity index (χ1) is 7.24. The van der Waals surface area contributed by atoms with Crippen molar-refractivity contribution in [3.63, 3.8) is 0 Å². The summed E-state index contributed by atoms with van der Waals surface area (Å²) < 4.78 is 2.01. The summed E-state index contributed by atoms with van der Waals surface area (Å²) >= 11 is 11.9. The second-order valence-electron chi connectivity index (χ2n) is 3.52. The van der Waals surface area contributed by atoms with Crippen molar-refractivity contribution in [1.82, 2.24) is 9.78 Å². The topological polar surface area (TPSA) is 17.8 Å². The van der Waals surface area contributed by atoms with E-state index in [9.17, 15) is 0 Å². The summed E-state index contributed by atoms with van der Waals surface area (Å²) in [6, 6.07) is 0. The minimum Gasteiger partial charge on any atom is -0.268 e. The molecule has 0 spiro atoms. The summed E-state index contributed by atoms with van der Waals surface area (Å²) in [6.07, 6.45) is 3.99. The standard InChI is InChI=1S/C11H18Cl2N2/c1-3-9-11(13)10(7-5-6-8-12)15(4-2)14-9/h3-8H2,1-2H3. The average molecular weight is 249 g/mol. The van der Waals surface area contributed by atoms with Crippen molar-refractivity contribution in [3.8, 4) is 0 Å². The van der Waals surface area contributed by atoms with E-state index in [1.165, 1.54) is 5.69 Å². The highest BCUT2D eigenvalue weighted by Gasteiger charge is 2.13. The van der Waals surface area contributed by atoms with Gasteiger partial charge < -0.3 is 0 Å². The first-order valence-corrected chi connectivity index (χ1v) is 6.45. The third-order valence-electron chi connectivity index (χ3n) is 2.49. The molecule has 0 bridgehead atoms. The lowest BCUT2D eigenvalue weighted by molar-refractivity contribution is 0.601. The van der Waals surface area contributed by atoms with Crippen LogP contribution < -0.4 is 0 Å². The molecule has 0 atom stereocenters. The quantitative estimate of drug-likeness (QED) is 0.555. The van der Waals surface area contributed by atoms with Crippen molar-refractivity contribution in [2.24, 2.45) is 0 Å². The van der Waals surface area contributed by atoms with Crippen molar-refractivity contribution < 1.29 is 0 Å². The molecule has 4 heteroatoms. The Balaban J connectivity index is 2.78. The van der Waals surface area contributed by atoms with Gasteiger partial charge in [0.15, 0.2) is 0 Å². The Kier molecular flexibility index (Phi) is 5.48. The van der Waals surface area contributed by atoms with Crippen LogP contribution in [0.3, 0.4) is 0 Å². The molecule has 0 aliphatic heterocycles. The predicted molar refractivity (Wildman–Crippen MR) is 65.9 cm³/mol. The molecule has 0 aliphatic carbocycles. The lowest BCUT2D eigenvalue weighted by Gasteiger charge is -2.04. The number of alkyl halides is 1. The molecule has 0 saturated carbocycles. The van der Waals surface area contributed by atoms with Crippen LogP contribution in [-0.4, -0.2) is 15.7 Å². The van der Waals surface area contributed by atoms with Gasteiger partial charge in [-0.05, 0) is 32.6 Å². The molecule has 0 radical (unpaired) electrons. The zero-order valence-corrected chi connectivity index (χ0v) is 10.9. The molecular weight excluding hydrogens is 231 g/mol. The Labute approximate surface area is 102 Å². The molecule has 0 fully saturated rings. The zero-order chi connectivity index (χ0) is 11.3. The fraction of sp³-hybridized carbons (Fsp3) is 0.727. The maximum atomic E-state index is 6.27. The maximum absolute atomic E-state index is 6.27. The van der Waals surface area contributed by atoms with Crippen molar-refractivity contribution in [1.29, 1.82) is 0 Å². The molecule has 0 aliphatic rings. The smallest absolute Gasteiger partial charge is 0.0849 e. The minimum absolute atomic E-state index is 0.721. The second-order valence-corrected chi connectivity index (χ2v) is 4.28. The Bertz CT molecular complexity index is 308. The number of halogens is 2. The van der Waals surface area contributed by atoms with Crippen molar-refractivity contribution >= 4 is 23.2 Å². The number of unbranched alkanes of at least 4 members (excludes halogenated alkanes) is 1. The van der Waals surface area contributed by atoms with Crippen LogP contribution in [0.5, 0.6) is 0 Å². The number of hydrogen-bond donors (Lipinski definition) is 0. The normalized spacial score (nSPS) is 10.9. The molecule has 1 aromatic rings. The minimum atomic E-state index is 0.721. The summed E-state index contributed by atoms with van der Waals surface area (Å²) in [5.41, 5.74) is 2.18. The average Bonchev–Trinajstić information content (AvgIpc) is 2.56. The SMILES string of the molecule is CCc1nn(CC)c(CCCCCl)c1Cl. The highest BCUT2D eigenvalue weighted by molar-refractivity contribution is 6.31. The van der Waals surface area contributed by atoms with Crippen molar-refractivity contribution in [2.45, 2.75) is 46.1 Å². The Hall–Kier alpha value is -0.210. The van der Waals surface area contributed by atoms with Crippen LogP contribution in [0.15, 0.2) is 0 Å². The van der Waals surface area contributed by atoms with E-state index in [2.05, 4.69) is 18.9 Å². The van der Waals surface area contributed by atoms with Gasteiger partial charge in [-0.25, -0.2) is 0 Å². The van der Waals surface area contributed by atoms with Crippen LogP contribution in [0.4, 0.5) is 0 Å². The van der Waals surface area contributed by atoms with Crippen LogP contribution in [0.25, 0.3) is 0 Å². The van der Waals surface area contributed by atoms with Crippen molar-refractivity contribution in [2.75, 3.05) is 5.88 Å². The van der Waals surface area contributed by atoms with Gasteiger partial charge in [0.25, 0.3) is 0 Å². The first kappa shape index (κ1) is 12.9. The summed E-state index contributed by atoms with van der Waals surface area (Å²) in [5.74, 6) is 0.721. The van der Waals surface area contributed by atoms with Gasteiger partial charge >= 0.3 is 0 Å². The van der Waals surface area contributed by atoms with E-state index in [1.807, 2.05) is 4.68 Å². The van der Waals surface area contributed by atoms with Gasteiger partial charge in [-0.15, -0.1) is 11.6 Å². The van der Waals surface area contributed by atoms with Gasteiger partial charge in [-0.2, -0.15) is 5.10 Å². The molecule has 15 heavy (non-hydrogen) atoms. The fourth-order valence-corrected chi connectivity index (χ4v) is 2.20. The van der Waals surface area contributed by atoms with Crippen molar-refractivity contribution in [3.05, 3.63) is 16.4 Å². The molecular formula is C11H18Cl2N2. The third kappa shape index (κ3) is 3.12. The van der Waals surface area contributed by atoms with Gasteiger partial charge in [0.05, 0.1) is 16.4 Å². The molecule has 2 nitrogen and oxygen atoms in total. The molecule has 0 amide bonds. The van der Waals surface area contributed by atoms with Gasteiger partial charge in [0.2, 0.25) is 0 Å². The van der Waals surface area contributed by atoms with E-state index in [0.717, 1.165) is 48.8 Å². The van der Waals surface area contributed by atoms with E-state index in [0.29, 0.717) is 0 Å². The molecule has 86 valence electrons. The maximum Gasteiger partial charge on any atom is 0.0849 e. The van der Waals surface area contributed by atoms with Gasteiger partial charge in [-0.1, -0.05) is 18.5 Å². The van der Waals surface area contributed by atoms with E-state index >= 15 is 0 Å². The largest absolute Gasteiger partial charge is 0.268 e. The molecule has 0 aromatic carbocycles. The number of nitrogens with zero attached hydrogens (tertiary/aromatic N) is 2. The summed E-state index contributed by atoms with van der Waals surface area (Å²) in [6.45, 7) is 5.06. The van der Waals surface area contributed by atoms with Gasteiger partial charge in [-0.3, -0.25) is 4.68 Å². The summed E-state index contributed by atoms with van der Waals surface area (Å²) in [7, 11) is 0. The third-order valence-corrected chi connectivity index (χ3v) is 3.19. The second kappa shape index (κ2) is 6.39. The first-order valence-electron chi connectivity index (χ1n) is 5.54. The molecule has 0 unspecified atom stereocenters. The number of rotatable bonds is 6. The molecule has 0 N–H and O–H groups in total. The highest BCUT2D eigenvalue weighted by atomic mass is 35.5. The molecule has 1 rings (SSSR count).